The van der Waals surface area contributed by atoms with Crippen LogP contribution >= 0.6 is 0 Å². The van der Waals surface area contributed by atoms with Crippen molar-refractivity contribution in [3.05, 3.63) is 80.6 Å². The lowest BCUT2D eigenvalue weighted by atomic mass is 10.2. The number of benzene rings is 2. The van der Waals surface area contributed by atoms with Gasteiger partial charge in [-0.1, -0.05) is 29.5 Å². The summed E-state index contributed by atoms with van der Waals surface area (Å²) in [5.74, 6) is -0.724. The smallest absolute Gasteiger partial charge is 0.332 e. The van der Waals surface area contributed by atoms with Gasteiger partial charge in [-0.3, -0.25) is 14.9 Å². The van der Waals surface area contributed by atoms with Gasteiger partial charge in [0.25, 0.3) is 11.2 Å². The highest BCUT2D eigenvalue weighted by molar-refractivity contribution is 5.87. The zero-order valence-electron chi connectivity index (χ0n) is 13.3. The average Bonchev–Trinajstić information content (AvgIpc) is 2.66. The fourth-order valence-electron chi connectivity index (χ4n) is 2.19. The second-order valence-corrected chi connectivity index (χ2v) is 5.19. The van der Waals surface area contributed by atoms with Gasteiger partial charge in [-0.25, -0.2) is 4.79 Å². The van der Waals surface area contributed by atoms with E-state index in [1.54, 1.807) is 30.3 Å². The molecule has 0 saturated carbocycles. The topological polar surface area (TPSA) is 117 Å². The lowest BCUT2D eigenvalue weighted by Crippen LogP contribution is -2.26. The lowest BCUT2D eigenvalue weighted by Gasteiger charge is -2.04. The number of rotatable bonds is 5. The molecule has 0 atom stereocenters. The Morgan fingerprint density at radius 1 is 1.23 bits per heavy atom. The van der Waals surface area contributed by atoms with Gasteiger partial charge in [0.05, 0.1) is 10.3 Å². The molecule has 0 amide bonds. The van der Waals surface area contributed by atoms with Gasteiger partial charge in [0.2, 0.25) is 0 Å². The number of hydrogen-bond acceptors (Lipinski definition) is 7. The first-order chi connectivity index (χ1) is 12.5. The molecule has 0 fully saturated rings. The summed E-state index contributed by atoms with van der Waals surface area (Å²) in [5, 5.41) is 18.7. The van der Waals surface area contributed by atoms with Crippen LogP contribution in [0.2, 0.25) is 0 Å². The van der Waals surface area contributed by atoms with E-state index in [9.17, 15) is 19.7 Å². The lowest BCUT2D eigenvalue weighted by molar-refractivity contribution is -0.384. The molecule has 0 spiro atoms. The molecule has 0 aliphatic heterocycles. The van der Waals surface area contributed by atoms with Crippen LogP contribution < -0.4 is 5.56 Å². The first-order valence-electron chi connectivity index (χ1n) is 7.46. The Morgan fingerprint density at radius 2 is 2.04 bits per heavy atom. The van der Waals surface area contributed by atoms with Crippen molar-refractivity contribution in [2.24, 2.45) is 0 Å². The third-order valence-corrected chi connectivity index (χ3v) is 3.45. The molecule has 9 heteroatoms. The van der Waals surface area contributed by atoms with Crippen molar-refractivity contribution in [3.63, 3.8) is 0 Å². The van der Waals surface area contributed by atoms with E-state index >= 15 is 0 Å². The molecule has 1 aromatic heterocycles. The number of aromatic nitrogens is 3. The molecule has 26 heavy (non-hydrogen) atoms. The van der Waals surface area contributed by atoms with Crippen molar-refractivity contribution in [3.8, 4) is 0 Å². The maximum Gasteiger partial charge on any atom is 0.332 e. The van der Waals surface area contributed by atoms with Crippen LogP contribution in [0.25, 0.3) is 17.0 Å². The standard InChI is InChI=1S/C17H12N4O5/c22-16(9-8-12-4-3-5-13(10-12)21(24)25)26-11-20-17(23)14-6-1-2-7-15(14)18-19-20/h1-10H,11H2. The molecule has 0 radical (unpaired) electrons. The first kappa shape index (κ1) is 17.0. The maximum absolute atomic E-state index is 12.2. The summed E-state index contributed by atoms with van der Waals surface area (Å²) < 4.78 is 5.89. The number of ether oxygens (including phenoxy) is 1. The zero-order chi connectivity index (χ0) is 18.5. The van der Waals surface area contributed by atoms with E-state index in [2.05, 4.69) is 10.3 Å². The minimum absolute atomic E-state index is 0.0847. The number of fused-ring (bicyclic) bond motifs is 1. The summed E-state index contributed by atoms with van der Waals surface area (Å²) in [4.78, 5) is 34.2. The van der Waals surface area contributed by atoms with E-state index in [-0.39, 0.29) is 5.69 Å². The molecule has 1 heterocycles. The van der Waals surface area contributed by atoms with Crippen molar-refractivity contribution < 1.29 is 14.5 Å². The number of hydrogen-bond donors (Lipinski definition) is 0. The Labute approximate surface area is 146 Å². The molecule has 0 unspecified atom stereocenters. The third kappa shape index (κ3) is 3.78. The Hall–Kier alpha value is -3.88. The summed E-state index contributed by atoms with van der Waals surface area (Å²) in [6, 6.07) is 12.5. The van der Waals surface area contributed by atoms with Crippen LogP contribution in [0.1, 0.15) is 5.56 Å². The minimum Gasteiger partial charge on any atom is -0.439 e. The number of carbonyl (C=O) groups excluding carboxylic acids is 1. The second-order valence-electron chi connectivity index (χ2n) is 5.19. The van der Waals surface area contributed by atoms with Gasteiger partial charge in [0, 0.05) is 18.2 Å². The Balaban J connectivity index is 1.68. The van der Waals surface area contributed by atoms with Gasteiger partial charge in [0.1, 0.15) is 5.52 Å². The molecule has 9 nitrogen and oxygen atoms in total. The van der Waals surface area contributed by atoms with E-state index in [4.69, 9.17) is 4.74 Å². The van der Waals surface area contributed by atoms with Crippen molar-refractivity contribution >= 4 is 28.6 Å². The molecule has 2 aromatic carbocycles. The van der Waals surface area contributed by atoms with Gasteiger partial charge < -0.3 is 4.74 Å². The molecule has 130 valence electrons. The molecular formula is C17H12N4O5. The van der Waals surface area contributed by atoms with Crippen molar-refractivity contribution in [1.29, 1.82) is 0 Å². The highest BCUT2D eigenvalue weighted by atomic mass is 16.6. The summed E-state index contributed by atoms with van der Waals surface area (Å²) in [6.45, 7) is -0.394. The summed E-state index contributed by atoms with van der Waals surface area (Å²) in [6.07, 6.45) is 2.49. The van der Waals surface area contributed by atoms with Crippen LogP contribution in [-0.2, 0) is 16.3 Å². The Kier molecular flexibility index (Phi) is 4.79. The number of nitro groups is 1. The number of nitro benzene ring substituents is 1. The van der Waals surface area contributed by atoms with Gasteiger partial charge >= 0.3 is 5.97 Å². The van der Waals surface area contributed by atoms with Gasteiger partial charge in [-0.2, -0.15) is 4.68 Å². The normalized spacial score (nSPS) is 10.9. The highest BCUT2D eigenvalue weighted by Crippen LogP contribution is 2.14. The fraction of sp³-hybridized carbons (Fsp3) is 0.0588. The van der Waals surface area contributed by atoms with Crippen molar-refractivity contribution in [2.45, 2.75) is 6.73 Å². The van der Waals surface area contributed by atoms with E-state index in [1.807, 2.05) is 0 Å². The van der Waals surface area contributed by atoms with Gasteiger partial charge in [-0.15, -0.1) is 5.10 Å². The monoisotopic (exact) mass is 352 g/mol. The highest BCUT2D eigenvalue weighted by Gasteiger charge is 2.07. The quantitative estimate of drug-likeness (QED) is 0.298. The predicted molar refractivity (Wildman–Crippen MR) is 92.0 cm³/mol. The number of non-ortho nitro benzene ring substituents is 1. The summed E-state index contributed by atoms with van der Waals surface area (Å²) >= 11 is 0. The van der Waals surface area contributed by atoms with Crippen LogP contribution in [0.15, 0.2) is 59.4 Å². The van der Waals surface area contributed by atoms with Crippen molar-refractivity contribution in [2.75, 3.05) is 0 Å². The molecular weight excluding hydrogens is 340 g/mol. The molecule has 0 N–H and O–H groups in total. The van der Waals surface area contributed by atoms with E-state index in [0.717, 1.165) is 10.8 Å². The van der Waals surface area contributed by atoms with Crippen LogP contribution in [0.5, 0.6) is 0 Å². The molecule has 0 saturated heterocycles. The SMILES string of the molecule is O=C(C=Cc1cccc([N+](=O)[O-])c1)OCn1nnc2ccccc2c1=O. The molecule has 0 bridgehead atoms. The fourth-order valence-corrected chi connectivity index (χ4v) is 2.19. The van der Waals surface area contributed by atoms with Crippen molar-refractivity contribution in [1.82, 2.24) is 15.0 Å². The Morgan fingerprint density at radius 3 is 2.85 bits per heavy atom. The largest absolute Gasteiger partial charge is 0.439 e. The number of carbonyl (C=O) groups is 1. The van der Waals surface area contributed by atoms with E-state index < -0.39 is 23.2 Å². The average molecular weight is 352 g/mol. The van der Waals surface area contributed by atoms with Gasteiger partial charge in [-0.05, 0) is 23.8 Å². The van der Waals surface area contributed by atoms with E-state index in [0.29, 0.717) is 16.5 Å². The third-order valence-electron chi connectivity index (χ3n) is 3.45. The first-order valence-corrected chi connectivity index (χ1v) is 7.46. The van der Waals surface area contributed by atoms with Crippen LogP contribution in [-0.4, -0.2) is 25.9 Å². The molecule has 0 aliphatic rings. The van der Waals surface area contributed by atoms with Crippen LogP contribution in [0.3, 0.4) is 0 Å². The Bertz CT molecular complexity index is 1070. The van der Waals surface area contributed by atoms with E-state index in [1.165, 1.54) is 24.3 Å². The second kappa shape index (κ2) is 7.34. The van der Waals surface area contributed by atoms with Gasteiger partial charge in [0.15, 0.2) is 6.73 Å². The molecule has 3 rings (SSSR count). The summed E-state index contributed by atoms with van der Waals surface area (Å²) in [7, 11) is 0. The predicted octanol–water partition coefficient (Wildman–Crippen LogP) is 1.91. The minimum atomic E-state index is -0.724. The summed E-state index contributed by atoms with van der Waals surface area (Å²) in [5.41, 5.74) is 0.411. The van der Waals surface area contributed by atoms with Crippen LogP contribution in [0, 0.1) is 10.1 Å². The number of esters is 1. The molecule has 3 aromatic rings. The molecule has 0 aliphatic carbocycles. The number of nitrogens with zero attached hydrogens (tertiary/aromatic N) is 4. The van der Waals surface area contributed by atoms with Crippen LogP contribution in [0.4, 0.5) is 5.69 Å². The zero-order valence-corrected chi connectivity index (χ0v) is 13.3. The maximum atomic E-state index is 12.2.